The fourth-order valence-corrected chi connectivity index (χ4v) is 5.84. The van der Waals surface area contributed by atoms with Gasteiger partial charge in [0.25, 0.3) is 0 Å². The number of nitrogen functional groups attached to an aromatic ring is 1. The molecular weight excluding hydrogens is 458 g/mol. The van der Waals surface area contributed by atoms with E-state index in [-0.39, 0.29) is 17.9 Å². The molecule has 176 valence electrons. The molecule has 4 heterocycles. The molecule has 1 amide bonds. The second-order valence-electron chi connectivity index (χ2n) is 9.19. The lowest BCUT2D eigenvalue weighted by molar-refractivity contribution is -0.122. The van der Waals surface area contributed by atoms with E-state index in [2.05, 4.69) is 52.6 Å². The second kappa shape index (κ2) is 8.42. The molecule has 4 N–H and O–H groups in total. The Labute approximate surface area is 206 Å². The number of primary amides is 1. The van der Waals surface area contributed by atoms with E-state index in [0.717, 1.165) is 63.8 Å². The summed E-state index contributed by atoms with van der Waals surface area (Å²) in [4.78, 5) is 26.5. The smallest absolute Gasteiger partial charge is 0.220 e. The van der Waals surface area contributed by atoms with Crippen LogP contribution < -0.4 is 11.5 Å². The largest absolute Gasteiger partial charge is 0.383 e. The van der Waals surface area contributed by atoms with Crippen molar-refractivity contribution in [3.8, 4) is 21.8 Å². The maximum Gasteiger partial charge on any atom is 0.220 e. The van der Waals surface area contributed by atoms with Crippen molar-refractivity contribution in [2.45, 2.75) is 38.6 Å². The van der Waals surface area contributed by atoms with E-state index in [1.165, 1.54) is 11.9 Å². The lowest BCUT2D eigenvalue weighted by Gasteiger charge is -2.27. The van der Waals surface area contributed by atoms with Crippen molar-refractivity contribution in [1.29, 1.82) is 0 Å². The first-order valence-corrected chi connectivity index (χ1v) is 12.6. The molecule has 35 heavy (non-hydrogen) atoms. The number of aryl methyl sites for hydroxylation is 1. The van der Waals surface area contributed by atoms with Gasteiger partial charge in [0, 0.05) is 16.9 Å². The Morgan fingerprint density at radius 1 is 1.11 bits per heavy atom. The van der Waals surface area contributed by atoms with Crippen molar-refractivity contribution in [3.63, 3.8) is 0 Å². The number of thiophene rings is 1. The molecule has 0 spiro atoms. The minimum absolute atomic E-state index is 0.0698. The Kier molecular flexibility index (Phi) is 5.21. The molecule has 5 aromatic rings. The summed E-state index contributed by atoms with van der Waals surface area (Å²) in [5.74, 6) is 0.111. The van der Waals surface area contributed by atoms with E-state index < -0.39 is 0 Å². The third kappa shape index (κ3) is 3.72. The first kappa shape index (κ1) is 21.7. The van der Waals surface area contributed by atoms with Gasteiger partial charge in [0.05, 0.1) is 27.5 Å². The predicted octanol–water partition coefficient (Wildman–Crippen LogP) is 4.88. The molecule has 0 aliphatic heterocycles. The highest BCUT2D eigenvalue weighted by molar-refractivity contribution is 7.13. The van der Waals surface area contributed by atoms with E-state index in [9.17, 15) is 4.79 Å². The molecule has 6 rings (SSSR count). The van der Waals surface area contributed by atoms with Gasteiger partial charge in [0.15, 0.2) is 5.65 Å². The van der Waals surface area contributed by atoms with Crippen LogP contribution in [-0.4, -0.2) is 30.6 Å². The van der Waals surface area contributed by atoms with Gasteiger partial charge in [-0.25, -0.2) is 19.6 Å². The number of aromatic nitrogens is 5. The Balaban J connectivity index is 1.47. The summed E-state index contributed by atoms with van der Waals surface area (Å²) in [5, 5.41) is 8.92. The van der Waals surface area contributed by atoms with Gasteiger partial charge < -0.3 is 11.5 Å². The van der Waals surface area contributed by atoms with Crippen LogP contribution in [0.2, 0.25) is 0 Å². The average Bonchev–Trinajstić information content (AvgIpc) is 3.53. The van der Waals surface area contributed by atoms with Gasteiger partial charge in [-0.15, -0.1) is 11.3 Å². The normalized spacial score (nSPS) is 18.3. The number of carbonyl (C=O) groups is 1. The zero-order valence-electron chi connectivity index (χ0n) is 19.3. The molecule has 0 saturated heterocycles. The van der Waals surface area contributed by atoms with Crippen LogP contribution in [0.15, 0.2) is 48.1 Å². The number of pyridine rings is 1. The van der Waals surface area contributed by atoms with Gasteiger partial charge in [0.2, 0.25) is 5.91 Å². The van der Waals surface area contributed by atoms with Gasteiger partial charge in [-0.3, -0.25) is 4.79 Å². The van der Waals surface area contributed by atoms with Crippen molar-refractivity contribution in [3.05, 3.63) is 53.7 Å². The summed E-state index contributed by atoms with van der Waals surface area (Å²) >= 11 is 1.68. The first-order valence-electron chi connectivity index (χ1n) is 11.7. The van der Waals surface area contributed by atoms with Crippen LogP contribution in [0.5, 0.6) is 0 Å². The first-order chi connectivity index (χ1) is 17.0. The summed E-state index contributed by atoms with van der Waals surface area (Å²) in [7, 11) is 0. The third-order valence-electron chi connectivity index (χ3n) is 7.03. The SMILES string of the molecule is Cc1cc(-c2cccs2)nc2cc(-c3nn(C4CCC(C(N)=O)CC4)c4ncnc(N)c34)ccc12. The molecule has 1 fully saturated rings. The maximum absolute atomic E-state index is 11.6. The Morgan fingerprint density at radius 2 is 1.94 bits per heavy atom. The fraction of sp³-hybridized carbons (Fsp3) is 0.269. The second-order valence-corrected chi connectivity index (χ2v) is 10.1. The third-order valence-corrected chi connectivity index (χ3v) is 7.92. The van der Waals surface area contributed by atoms with Gasteiger partial charge in [0.1, 0.15) is 17.8 Å². The number of hydrogen-bond acceptors (Lipinski definition) is 7. The van der Waals surface area contributed by atoms with Crippen molar-refractivity contribution in [2.24, 2.45) is 11.7 Å². The summed E-state index contributed by atoms with van der Waals surface area (Å²) in [6, 6.07) is 12.6. The van der Waals surface area contributed by atoms with Crippen molar-refractivity contribution < 1.29 is 4.79 Å². The van der Waals surface area contributed by atoms with Crippen LogP contribution >= 0.6 is 11.3 Å². The van der Waals surface area contributed by atoms with Crippen LogP contribution in [0.25, 0.3) is 43.8 Å². The minimum Gasteiger partial charge on any atom is -0.383 e. The molecule has 0 radical (unpaired) electrons. The summed E-state index contributed by atoms with van der Waals surface area (Å²) in [6.45, 7) is 2.11. The topological polar surface area (TPSA) is 126 Å². The molecule has 0 unspecified atom stereocenters. The molecule has 0 atom stereocenters. The highest BCUT2D eigenvalue weighted by Crippen LogP contribution is 2.38. The van der Waals surface area contributed by atoms with Gasteiger partial charge in [-0.2, -0.15) is 5.10 Å². The highest BCUT2D eigenvalue weighted by atomic mass is 32.1. The van der Waals surface area contributed by atoms with Crippen molar-refractivity contribution in [1.82, 2.24) is 24.7 Å². The van der Waals surface area contributed by atoms with Crippen LogP contribution in [0.1, 0.15) is 37.3 Å². The Bertz CT molecular complexity index is 1570. The summed E-state index contributed by atoms with van der Waals surface area (Å²) in [5.41, 5.74) is 17.3. The van der Waals surface area contributed by atoms with Crippen LogP contribution in [-0.2, 0) is 4.79 Å². The number of benzene rings is 1. The number of nitrogens with two attached hydrogens (primary N) is 2. The predicted molar refractivity (Wildman–Crippen MR) is 139 cm³/mol. The molecule has 0 bridgehead atoms. The zero-order valence-corrected chi connectivity index (χ0v) is 20.1. The number of carbonyl (C=O) groups excluding carboxylic acids is 1. The molecule has 8 nitrogen and oxygen atoms in total. The monoisotopic (exact) mass is 483 g/mol. The zero-order chi connectivity index (χ0) is 24.1. The highest BCUT2D eigenvalue weighted by Gasteiger charge is 2.29. The van der Waals surface area contributed by atoms with Crippen molar-refractivity contribution in [2.75, 3.05) is 5.73 Å². The molecule has 9 heteroatoms. The summed E-state index contributed by atoms with van der Waals surface area (Å²) < 4.78 is 1.96. The van der Waals surface area contributed by atoms with Gasteiger partial charge in [-0.1, -0.05) is 18.2 Å². The van der Waals surface area contributed by atoms with E-state index in [4.69, 9.17) is 21.5 Å². The van der Waals surface area contributed by atoms with Crippen LogP contribution in [0.4, 0.5) is 5.82 Å². The standard InChI is InChI=1S/C26H25N7OS/c1-14-11-20(21-3-2-10-35-21)31-19-12-16(6-9-18(14)19)23-22-24(27)29-13-30-26(22)33(32-23)17-7-4-15(5-8-17)25(28)34/h2-3,6,9-13,15,17H,4-5,7-8H2,1H3,(H2,28,34)(H2,27,29,30). The van der Waals surface area contributed by atoms with Gasteiger partial charge >= 0.3 is 0 Å². The lowest BCUT2D eigenvalue weighted by Crippen LogP contribution is -2.28. The van der Waals surface area contributed by atoms with Crippen LogP contribution in [0.3, 0.4) is 0 Å². The summed E-state index contributed by atoms with van der Waals surface area (Å²) in [6.07, 6.45) is 4.61. The lowest BCUT2D eigenvalue weighted by atomic mass is 9.86. The maximum atomic E-state index is 11.6. The van der Waals surface area contributed by atoms with Crippen molar-refractivity contribution >= 4 is 45.0 Å². The van der Waals surface area contributed by atoms with E-state index in [0.29, 0.717) is 11.5 Å². The van der Waals surface area contributed by atoms with Gasteiger partial charge in [-0.05, 0) is 61.7 Å². The number of fused-ring (bicyclic) bond motifs is 2. The molecule has 1 saturated carbocycles. The molecule has 1 aromatic carbocycles. The van der Waals surface area contributed by atoms with E-state index in [1.807, 2.05) is 10.7 Å². The van der Waals surface area contributed by atoms with E-state index in [1.54, 1.807) is 11.3 Å². The average molecular weight is 484 g/mol. The number of rotatable bonds is 4. The molecule has 4 aromatic heterocycles. The molecular formula is C26H25N7OS. The van der Waals surface area contributed by atoms with Crippen LogP contribution in [0, 0.1) is 12.8 Å². The number of amides is 1. The Hall–Kier alpha value is -3.85. The Morgan fingerprint density at radius 3 is 2.69 bits per heavy atom. The van der Waals surface area contributed by atoms with E-state index >= 15 is 0 Å². The quantitative estimate of drug-likeness (QED) is 0.375. The molecule has 1 aliphatic rings. The molecule has 1 aliphatic carbocycles. The number of anilines is 1. The minimum atomic E-state index is -0.220. The fourth-order valence-electron chi connectivity index (χ4n) is 5.16. The number of nitrogens with zero attached hydrogens (tertiary/aromatic N) is 5. The number of hydrogen-bond donors (Lipinski definition) is 2.